The molecule has 2 amide bonds. The maximum absolute atomic E-state index is 13.5. The van der Waals surface area contributed by atoms with Crippen LogP contribution in [0.3, 0.4) is 0 Å². The number of nitrogens with one attached hydrogen (secondary N) is 1. The Balaban J connectivity index is 1.64. The van der Waals surface area contributed by atoms with Crippen LogP contribution in [0.25, 0.3) is 0 Å². The summed E-state index contributed by atoms with van der Waals surface area (Å²) in [7, 11) is 0. The van der Waals surface area contributed by atoms with E-state index in [4.69, 9.17) is 11.6 Å². The van der Waals surface area contributed by atoms with Gasteiger partial charge in [-0.3, -0.25) is 19.3 Å². The molecule has 7 nitrogen and oxygen atoms in total. The summed E-state index contributed by atoms with van der Waals surface area (Å²) >= 11 is 5.91. The molecule has 1 N–H and O–H groups in total. The van der Waals surface area contributed by atoms with E-state index in [2.05, 4.69) is 36.2 Å². The van der Waals surface area contributed by atoms with E-state index >= 15 is 0 Å². The Hall–Kier alpha value is -3.40. The van der Waals surface area contributed by atoms with Gasteiger partial charge in [-0.05, 0) is 61.9 Å². The lowest BCUT2D eigenvalue weighted by Gasteiger charge is -2.32. The van der Waals surface area contributed by atoms with Crippen LogP contribution in [0, 0.1) is 12.3 Å². The maximum atomic E-state index is 13.5. The summed E-state index contributed by atoms with van der Waals surface area (Å²) in [6.07, 6.45) is -0.0523. The van der Waals surface area contributed by atoms with Crippen LogP contribution in [0.2, 0.25) is 5.02 Å². The number of carbonyl (C=O) groups excluding carboxylic acids is 2. The van der Waals surface area contributed by atoms with Gasteiger partial charge in [-0.25, -0.2) is 0 Å². The van der Waals surface area contributed by atoms with E-state index in [-0.39, 0.29) is 35.1 Å². The van der Waals surface area contributed by atoms with Crippen LogP contribution in [-0.4, -0.2) is 33.1 Å². The lowest BCUT2D eigenvalue weighted by Crippen LogP contribution is -2.43. The molecule has 0 bridgehead atoms. The quantitative estimate of drug-likeness (QED) is 0.385. The van der Waals surface area contributed by atoms with Gasteiger partial charge >= 0.3 is 6.18 Å². The molecule has 0 aliphatic carbocycles. The van der Waals surface area contributed by atoms with Gasteiger partial charge in [-0.15, -0.1) is 0 Å². The standard InChI is InChI=1S/C27H29ClF3N5O2/c1-15-10-18(21(32-12-15)8-9-26(3,4)5)24(37)34-22-13-33-36-16(2)14-35(25(38)23(22)36)17-6-7-19(20(28)11-17)27(29,30)31/h6-7,10-13,16H,8-9,14H2,1-5H3,(H,34,37)/t16-/m0/s1. The summed E-state index contributed by atoms with van der Waals surface area (Å²) in [6, 6.07) is 4.64. The first-order valence-electron chi connectivity index (χ1n) is 12.2. The molecule has 3 aromatic rings. The van der Waals surface area contributed by atoms with Crippen molar-refractivity contribution in [3.63, 3.8) is 0 Å². The molecular formula is C27H29ClF3N5O2. The highest BCUT2D eigenvalue weighted by Gasteiger charge is 2.37. The predicted molar refractivity (Wildman–Crippen MR) is 140 cm³/mol. The van der Waals surface area contributed by atoms with Crippen molar-refractivity contribution < 1.29 is 22.8 Å². The van der Waals surface area contributed by atoms with Gasteiger partial charge in [-0.2, -0.15) is 18.3 Å². The highest BCUT2D eigenvalue weighted by Crippen LogP contribution is 2.38. The Morgan fingerprint density at radius 2 is 1.89 bits per heavy atom. The van der Waals surface area contributed by atoms with Crippen molar-refractivity contribution in [3.8, 4) is 0 Å². The molecule has 202 valence electrons. The molecule has 0 spiro atoms. The van der Waals surface area contributed by atoms with Crippen molar-refractivity contribution in [1.29, 1.82) is 0 Å². The first-order chi connectivity index (χ1) is 17.7. The largest absolute Gasteiger partial charge is 0.417 e. The molecule has 38 heavy (non-hydrogen) atoms. The maximum Gasteiger partial charge on any atom is 0.417 e. The molecule has 1 atom stereocenters. The van der Waals surface area contributed by atoms with Crippen LogP contribution in [0.4, 0.5) is 24.5 Å². The van der Waals surface area contributed by atoms with Crippen molar-refractivity contribution in [2.75, 3.05) is 16.8 Å². The van der Waals surface area contributed by atoms with Gasteiger partial charge in [0.1, 0.15) is 0 Å². The highest BCUT2D eigenvalue weighted by molar-refractivity contribution is 6.31. The predicted octanol–water partition coefficient (Wildman–Crippen LogP) is 6.71. The highest BCUT2D eigenvalue weighted by atomic mass is 35.5. The molecule has 3 heterocycles. The molecule has 0 saturated carbocycles. The number of anilines is 2. The van der Waals surface area contributed by atoms with Gasteiger partial charge < -0.3 is 10.2 Å². The fourth-order valence-corrected chi connectivity index (χ4v) is 4.64. The Kier molecular flexibility index (Phi) is 7.31. The Labute approximate surface area is 224 Å². The van der Waals surface area contributed by atoms with E-state index in [9.17, 15) is 22.8 Å². The van der Waals surface area contributed by atoms with Gasteiger partial charge in [-0.1, -0.05) is 32.4 Å². The van der Waals surface area contributed by atoms with E-state index in [1.54, 1.807) is 12.3 Å². The van der Waals surface area contributed by atoms with Crippen LogP contribution in [0.5, 0.6) is 0 Å². The average Bonchev–Trinajstić information content (AvgIpc) is 3.23. The summed E-state index contributed by atoms with van der Waals surface area (Å²) in [5, 5.41) is 6.61. The number of aromatic nitrogens is 3. The van der Waals surface area contributed by atoms with Crippen LogP contribution >= 0.6 is 11.6 Å². The molecule has 11 heteroatoms. The normalized spacial score (nSPS) is 16.0. The first-order valence-corrected chi connectivity index (χ1v) is 12.6. The lowest BCUT2D eigenvalue weighted by atomic mass is 9.89. The smallest absolute Gasteiger partial charge is 0.319 e. The zero-order valence-electron chi connectivity index (χ0n) is 21.8. The molecule has 2 aromatic heterocycles. The minimum atomic E-state index is -4.61. The number of halogens is 4. The zero-order chi connectivity index (χ0) is 28.0. The second-order valence-corrected chi connectivity index (χ2v) is 11.2. The monoisotopic (exact) mass is 547 g/mol. The van der Waals surface area contributed by atoms with Gasteiger partial charge in [0.15, 0.2) is 5.69 Å². The average molecular weight is 548 g/mol. The number of benzene rings is 1. The number of rotatable bonds is 5. The van der Waals surface area contributed by atoms with E-state index in [0.717, 1.165) is 24.1 Å². The van der Waals surface area contributed by atoms with Crippen molar-refractivity contribution in [3.05, 3.63) is 69.8 Å². The summed E-state index contributed by atoms with van der Waals surface area (Å²) < 4.78 is 41.0. The molecule has 0 saturated heterocycles. The van der Waals surface area contributed by atoms with Crippen LogP contribution < -0.4 is 10.2 Å². The van der Waals surface area contributed by atoms with Crippen LogP contribution in [0.1, 0.15) is 77.8 Å². The fraction of sp³-hybridized carbons (Fsp3) is 0.407. The lowest BCUT2D eigenvalue weighted by molar-refractivity contribution is -0.137. The van der Waals surface area contributed by atoms with E-state index in [0.29, 0.717) is 17.7 Å². The van der Waals surface area contributed by atoms with E-state index in [1.165, 1.54) is 21.8 Å². The summed E-state index contributed by atoms with van der Waals surface area (Å²) in [4.78, 5) is 32.7. The summed E-state index contributed by atoms with van der Waals surface area (Å²) in [5.41, 5.74) is 1.52. The van der Waals surface area contributed by atoms with Crippen molar-refractivity contribution in [2.24, 2.45) is 5.41 Å². The minimum absolute atomic E-state index is 0.0544. The topological polar surface area (TPSA) is 80.1 Å². The number of hydrogen-bond acceptors (Lipinski definition) is 4. The molecule has 1 aromatic carbocycles. The van der Waals surface area contributed by atoms with Gasteiger partial charge in [0.25, 0.3) is 11.8 Å². The number of aryl methyl sites for hydroxylation is 2. The number of carbonyl (C=O) groups is 2. The Bertz CT molecular complexity index is 1390. The summed E-state index contributed by atoms with van der Waals surface area (Å²) in [6.45, 7) is 10.2. The molecule has 4 rings (SSSR count). The molecule has 0 unspecified atom stereocenters. The fourth-order valence-electron chi connectivity index (χ4n) is 4.35. The van der Waals surface area contributed by atoms with Gasteiger partial charge in [0.2, 0.25) is 0 Å². The van der Waals surface area contributed by atoms with Gasteiger partial charge in [0.05, 0.1) is 39.8 Å². The second kappa shape index (κ2) is 10.1. The Morgan fingerprint density at radius 3 is 2.53 bits per heavy atom. The van der Waals surface area contributed by atoms with Crippen LogP contribution in [-0.2, 0) is 12.6 Å². The third-order valence-corrected chi connectivity index (χ3v) is 6.70. The molecular weight excluding hydrogens is 519 g/mol. The third kappa shape index (κ3) is 5.70. The molecule has 0 radical (unpaired) electrons. The number of fused-ring (bicyclic) bond motifs is 1. The minimum Gasteiger partial charge on any atom is -0.319 e. The number of alkyl halides is 3. The van der Waals surface area contributed by atoms with E-state index < -0.39 is 28.6 Å². The first kappa shape index (κ1) is 27.6. The second-order valence-electron chi connectivity index (χ2n) is 10.8. The molecule has 1 aliphatic rings. The van der Waals surface area contributed by atoms with Crippen molar-refractivity contribution in [2.45, 2.75) is 59.7 Å². The summed E-state index contributed by atoms with van der Waals surface area (Å²) in [5.74, 6) is -0.932. The molecule has 1 aliphatic heterocycles. The zero-order valence-corrected chi connectivity index (χ0v) is 22.5. The Morgan fingerprint density at radius 1 is 1.18 bits per heavy atom. The van der Waals surface area contributed by atoms with Crippen LogP contribution in [0.15, 0.2) is 36.7 Å². The van der Waals surface area contributed by atoms with Crippen molar-refractivity contribution >= 4 is 34.8 Å². The number of amides is 2. The number of hydrogen-bond donors (Lipinski definition) is 1. The SMILES string of the molecule is Cc1cnc(CCC(C)(C)C)c(C(=O)Nc2cnn3c2C(=O)N(c2ccc(C(F)(F)F)c(Cl)c2)C[C@@H]3C)c1. The van der Waals surface area contributed by atoms with Crippen molar-refractivity contribution in [1.82, 2.24) is 14.8 Å². The number of nitrogens with zero attached hydrogens (tertiary/aromatic N) is 4. The molecule has 0 fully saturated rings. The number of pyridine rings is 1. The van der Waals surface area contributed by atoms with Gasteiger partial charge in [0, 0.05) is 18.4 Å². The van der Waals surface area contributed by atoms with E-state index in [1.807, 2.05) is 13.8 Å². The third-order valence-electron chi connectivity index (χ3n) is 6.39.